The first-order valence-electron chi connectivity index (χ1n) is 15.8. The Labute approximate surface area is 275 Å². The van der Waals surface area contributed by atoms with E-state index in [0.717, 1.165) is 61.8 Å². The Bertz CT molecular complexity index is 1590. The fourth-order valence-corrected chi connectivity index (χ4v) is 7.70. The SMILES string of the molecule is COc1cc(N2CCC(N3CC(N(C)C)C3)CC2)c(C)cc1Nc1ncc(C(F)(F)F)c(Nc2ccc3c(c2P(C)C)OCCO3)n1. The number of aryl methyl sites for hydroxylation is 1. The minimum absolute atomic E-state index is 0.00620. The fourth-order valence-electron chi connectivity index (χ4n) is 6.51. The zero-order chi connectivity index (χ0) is 33.5. The van der Waals surface area contributed by atoms with Crippen LogP contribution in [0.5, 0.6) is 17.2 Å². The third-order valence-electron chi connectivity index (χ3n) is 9.18. The number of hydrogen-bond donors (Lipinski definition) is 2. The summed E-state index contributed by atoms with van der Waals surface area (Å²) in [4.78, 5) is 15.6. The number of benzene rings is 2. The number of aromatic nitrogens is 2. The minimum Gasteiger partial charge on any atom is -0.494 e. The van der Waals surface area contributed by atoms with E-state index in [9.17, 15) is 13.2 Å². The maximum absolute atomic E-state index is 14.2. The highest BCUT2D eigenvalue weighted by Crippen LogP contribution is 2.43. The molecule has 0 atom stereocenters. The van der Waals surface area contributed by atoms with E-state index < -0.39 is 19.7 Å². The van der Waals surface area contributed by atoms with E-state index in [1.165, 1.54) is 0 Å². The first kappa shape index (κ1) is 33.4. The van der Waals surface area contributed by atoms with Crippen LogP contribution >= 0.6 is 7.92 Å². The summed E-state index contributed by atoms with van der Waals surface area (Å²) in [5.41, 5.74) is 2.17. The smallest absolute Gasteiger partial charge is 0.421 e. The molecule has 2 N–H and O–H groups in total. The molecule has 47 heavy (non-hydrogen) atoms. The second-order valence-corrected chi connectivity index (χ2v) is 14.9. The van der Waals surface area contributed by atoms with Gasteiger partial charge in [0, 0.05) is 61.5 Å². The molecule has 0 radical (unpaired) electrons. The molecule has 2 aromatic carbocycles. The molecule has 254 valence electrons. The van der Waals surface area contributed by atoms with E-state index in [0.29, 0.717) is 53.9 Å². The number of fused-ring (bicyclic) bond motifs is 1. The number of halogens is 3. The van der Waals surface area contributed by atoms with Crippen LogP contribution in [-0.2, 0) is 6.18 Å². The molecule has 0 unspecified atom stereocenters. The normalized spacial score (nSPS) is 17.6. The molecule has 10 nitrogen and oxygen atoms in total. The van der Waals surface area contributed by atoms with Crippen molar-refractivity contribution >= 4 is 42.1 Å². The second-order valence-electron chi connectivity index (χ2n) is 12.7. The predicted molar refractivity (Wildman–Crippen MR) is 181 cm³/mol. The van der Waals surface area contributed by atoms with E-state index in [4.69, 9.17) is 14.2 Å². The first-order chi connectivity index (χ1) is 22.4. The number of nitrogens with one attached hydrogen (secondary N) is 2. The number of likely N-dealkylation sites (N-methyl/N-ethyl adjacent to an activating group) is 1. The fraction of sp³-hybridized carbons (Fsp3) is 0.515. The number of anilines is 5. The van der Waals surface area contributed by atoms with E-state index in [1.54, 1.807) is 19.2 Å². The number of methoxy groups -OCH3 is 1. The summed E-state index contributed by atoms with van der Waals surface area (Å²) >= 11 is 0. The highest BCUT2D eigenvalue weighted by molar-refractivity contribution is 7.64. The molecule has 0 amide bonds. The summed E-state index contributed by atoms with van der Waals surface area (Å²) in [5, 5.41) is 6.84. The molecule has 0 spiro atoms. The Morgan fingerprint density at radius 1 is 1.02 bits per heavy atom. The molecule has 3 aliphatic rings. The molecule has 2 fully saturated rings. The first-order valence-corrected chi connectivity index (χ1v) is 18.1. The summed E-state index contributed by atoms with van der Waals surface area (Å²) in [5.74, 6) is 1.34. The standard InChI is InChI=1S/C33H43F3N7O3P/c1-20-15-25(28(44-4)16-26(20)42-11-9-21(10-12-42)43-18-22(19-43)41(2)3)39-32-37-17-23(33(34,35)36)31(40-32)38-24-7-8-27-29(30(24)47(5)6)46-14-13-45-27/h7-8,15-17,21-22H,9-14,18-19H2,1-6H3,(H2,37,38,39,40). The summed E-state index contributed by atoms with van der Waals surface area (Å²) < 4.78 is 59.8. The van der Waals surface area contributed by atoms with Crippen molar-refractivity contribution in [2.45, 2.75) is 38.0 Å². The quantitative estimate of drug-likeness (QED) is 0.278. The highest BCUT2D eigenvalue weighted by atomic mass is 31.1. The van der Waals surface area contributed by atoms with Crippen molar-refractivity contribution in [2.75, 3.05) is 89.5 Å². The van der Waals surface area contributed by atoms with Crippen molar-refractivity contribution in [3.63, 3.8) is 0 Å². The van der Waals surface area contributed by atoms with Gasteiger partial charge >= 0.3 is 6.18 Å². The number of hydrogen-bond acceptors (Lipinski definition) is 10. The van der Waals surface area contributed by atoms with Crippen LogP contribution in [-0.4, -0.2) is 106 Å². The molecule has 14 heteroatoms. The number of nitrogens with zero attached hydrogens (tertiary/aromatic N) is 5. The van der Waals surface area contributed by atoms with Gasteiger partial charge in [-0.3, -0.25) is 4.90 Å². The lowest BCUT2D eigenvalue weighted by Gasteiger charge is -2.49. The van der Waals surface area contributed by atoms with Crippen molar-refractivity contribution in [3.05, 3.63) is 41.6 Å². The number of alkyl halides is 3. The monoisotopic (exact) mass is 673 g/mol. The van der Waals surface area contributed by atoms with Gasteiger partial charge in [-0.25, -0.2) is 4.98 Å². The van der Waals surface area contributed by atoms with Crippen LogP contribution in [0.2, 0.25) is 0 Å². The van der Waals surface area contributed by atoms with E-state index in [2.05, 4.69) is 49.4 Å². The van der Waals surface area contributed by atoms with Crippen molar-refractivity contribution in [1.82, 2.24) is 19.8 Å². The summed E-state index contributed by atoms with van der Waals surface area (Å²) in [6.45, 7) is 11.0. The lowest BCUT2D eigenvalue weighted by atomic mass is 9.96. The molecule has 3 aliphatic heterocycles. The summed E-state index contributed by atoms with van der Waals surface area (Å²) in [7, 11) is 5.09. The van der Waals surface area contributed by atoms with E-state index >= 15 is 0 Å². The van der Waals surface area contributed by atoms with Crippen LogP contribution in [0.3, 0.4) is 0 Å². The zero-order valence-electron chi connectivity index (χ0n) is 27.7. The van der Waals surface area contributed by atoms with E-state index in [-0.39, 0.29) is 11.8 Å². The average molecular weight is 674 g/mol. The molecule has 4 heterocycles. The molecule has 0 saturated carbocycles. The molecule has 6 rings (SSSR count). The number of likely N-dealkylation sites (tertiary alicyclic amines) is 1. The Hall–Kier alpha value is -3.54. The Morgan fingerprint density at radius 2 is 1.74 bits per heavy atom. The zero-order valence-corrected chi connectivity index (χ0v) is 28.6. The van der Waals surface area contributed by atoms with Crippen molar-refractivity contribution in [1.29, 1.82) is 0 Å². The van der Waals surface area contributed by atoms with Crippen LogP contribution in [0.4, 0.5) is 42.0 Å². The van der Waals surface area contributed by atoms with Gasteiger partial charge in [0.15, 0.2) is 11.5 Å². The molecule has 2 saturated heterocycles. The summed E-state index contributed by atoms with van der Waals surface area (Å²) in [6, 6.07) is 8.58. The summed E-state index contributed by atoms with van der Waals surface area (Å²) in [6.07, 6.45) is -1.68. The van der Waals surface area contributed by atoms with Gasteiger partial charge in [0.05, 0.1) is 18.5 Å². The maximum atomic E-state index is 14.2. The Kier molecular flexibility index (Phi) is 9.60. The van der Waals surface area contributed by atoms with Gasteiger partial charge in [0.2, 0.25) is 5.95 Å². The average Bonchev–Trinajstić information content (AvgIpc) is 3.00. The Morgan fingerprint density at radius 3 is 2.40 bits per heavy atom. The highest BCUT2D eigenvalue weighted by Gasteiger charge is 2.37. The Balaban J connectivity index is 1.22. The molecular formula is C33H43F3N7O3P. The topological polar surface area (TPSA) is 87.3 Å². The minimum atomic E-state index is -4.68. The van der Waals surface area contributed by atoms with Crippen LogP contribution < -0.4 is 35.0 Å². The molecular weight excluding hydrogens is 630 g/mol. The van der Waals surface area contributed by atoms with Crippen molar-refractivity contribution in [2.24, 2.45) is 0 Å². The van der Waals surface area contributed by atoms with Gasteiger partial charge in [-0.15, -0.1) is 0 Å². The third-order valence-corrected chi connectivity index (χ3v) is 10.5. The lowest BCUT2D eigenvalue weighted by molar-refractivity contribution is -0.137. The van der Waals surface area contributed by atoms with Crippen LogP contribution in [0, 0.1) is 6.92 Å². The van der Waals surface area contributed by atoms with E-state index in [1.807, 2.05) is 32.4 Å². The molecule has 3 aromatic rings. The lowest BCUT2D eigenvalue weighted by Crippen LogP contribution is -2.62. The molecule has 0 aliphatic carbocycles. The second kappa shape index (κ2) is 13.5. The predicted octanol–water partition coefficient (Wildman–Crippen LogP) is 5.65. The third kappa shape index (κ3) is 7.03. The van der Waals surface area contributed by atoms with Crippen LogP contribution in [0.15, 0.2) is 30.5 Å². The largest absolute Gasteiger partial charge is 0.494 e. The van der Waals surface area contributed by atoms with Gasteiger partial charge in [-0.05, 0) is 71.0 Å². The van der Waals surface area contributed by atoms with Crippen molar-refractivity contribution < 1.29 is 27.4 Å². The van der Waals surface area contributed by atoms with Gasteiger partial charge in [0.25, 0.3) is 0 Å². The molecule has 1 aromatic heterocycles. The van der Waals surface area contributed by atoms with Gasteiger partial charge in [0.1, 0.15) is 30.3 Å². The van der Waals surface area contributed by atoms with Crippen LogP contribution in [0.25, 0.3) is 0 Å². The van der Waals surface area contributed by atoms with Gasteiger partial charge in [-0.1, -0.05) is 7.92 Å². The number of piperidine rings is 1. The van der Waals surface area contributed by atoms with Crippen LogP contribution in [0.1, 0.15) is 24.0 Å². The maximum Gasteiger partial charge on any atom is 0.421 e. The van der Waals surface area contributed by atoms with Crippen molar-refractivity contribution in [3.8, 4) is 17.2 Å². The number of rotatable bonds is 9. The van der Waals surface area contributed by atoms with Gasteiger partial charge in [-0.2, -0.15) is 18.2 Å². The molecule has 0 bridgehead atoms. The number of ether oxygens (including phenoxy) is 3. The van der Waals surface area contributed by atoms with Gasteiger partial charge < -0.3 is 34.6 Å².